The summed E-state index contributed by atoms with van der Waals surface area (Å²) in [5, 5.41) is 10.3. The Labute approximate surface area is 85.5 Å². The molecule has 0 spiro atoms. The molecule has 0 aliphatic heterocycles. The largest absolute Gasteiger partial charge is 0.497 e. The van der Waals surface area contributed by atoms with Crippen LogP contribution in [-0.2, 0) is 5.60 Å². The van der Waals surface area contributed by atoms with Gasteiger partial charge in [0, 0.05) is 0 Å². The highest BCUT2D eigenvalue weighted by atomic mass is 16.5. The van der Waals surface area contributed by atoms with Crippen molar-refractivity contribution in [3.8, 4) is 5.75 Å². The zero-order valence-electron chi connectivity index (χ0n) is 9.08. The van der Waals surface area contributed by atoms with Gasteiger partial charge in [0.25, 0.3) is 0 Å². The number of aliphatic hydroxyl groups is 1. The van der Waals surface area contributed by atoms with Gasteiger partial charge in [-0.1, -0.05) is 26.0 Å². The molecule has 2 nitrogen and oxygen atoms in total. The lowest BCUT2D eigenvalue weighted by Gasteiger charge is -2.26. The van der Waals surface area contributed by atoms with Gasteiger partial charge in [-0.3, -0.25) is 0 Å². The lowest BCUT2D eigenvalue weighted by molar-refractivity contribution is 0.0282. The van der Waals surface area contributed by atoms with Crippen LogP contribution in [0.5, 0.6) is 5.75 Å². The summed E-state index contributed by atoms with van der Waals surface area (Å²) in [6.45, 7) is 3.98. The molecule has 0 fully saturated rings. The van der Waals surface area contributed by atoms with Gasteiger partial charge in [0.1, 0.15) is 5.75 Å². The first-order valence-corrected chi connectivity index (χ1v) is 5.03. The van der Waals surface area contributed by atoms with Crippen LogP contribution < -0.4 is 4.74 Å². The molecule has 0 saturated carbocycles. The standard InChI is InChI=1S/C12H18O2/c1-4-12(13,5-2)10-7-6-8-11(9-10)14-3/h6-9,13H,4-5H2,1-3H3. The van der Waals surface area contributed by atoms with Crippen LogP contribution in [0, 0.1) is 0 Å². The monoisotopic (exact) mass is 194 g/mol. The molecule has 78 valence electrons. The van der Waals surface area contributed by atoms with Crippen LogP contribution in [0.1, 0.15) is 32.3 Å². The first-order chi connectivity index (χ1) is 6.66. The Morgan fingerprint density at radius 3 is 2.43 bits per heavy atom. The lowest BCUT2D eigenvalue weighted by Crippen LogP contribution is -2.23. The summed E-state index contributed by atoms with van der Waals surface area (Å²) in [4.78, 5) is 0. The van der Waals surface area contributed by atoms with E-state index in [2.05, 4.69) is 0 Å². The van der Waals surface area contributed by atoms with Crippen LogP contribution in [0.25, 0.3) is 0 Å². The van der Waals surface area contributed by atoms with E-state index >= 15 is 0 Å². The molecule has 0 radical (unpaired) electrons. The zero-order chi connectivity index (χ0) is 10.6. The Morgan fingerprint density at radius 1 is 1.29 bits per heavy atom. The Hall–Kier alpha value is -1.02. The number of ether oxygens (including phenoxy) is 1. The number of rotatable bonds is 4. The number of hydrogen-bond acceptors (Lipinski definition) is 2. The maximum Gasteiger partial charge on any atom is 0.119 e. The smallest absolute Gasteiger partial charge is 0.119 e. The lowest BCUT2D eigenvalue weighted by atomic mass is 9.88. The normalized spacial score (nSPS) is 11.4. The Balaban J connectivity index is 3.04. The van der Waals surface area contributed by atoms with E-state index in [0.29, 0.717) is 0 Å². The summed E-state index contributed by atoms with van der Waals surface area (Å²) in [5.74, 6) is 0.794. The summed E-state index contributed by atoms with van der Waals surface area (Å²) in [7, 11) is 1.63. The third kappa shape index (κ3) is 2.07. The third-order valence-electron chi connectivity index (χ3n) is 2.78. The molecule has 0 saturated heterocycles. The van der Waals surface area contributed by atoms with Crippen molar-refractivity contribution in [1.29, 1.82) is 0 Å². The van der Waals surface area contributed by atoms with E-state index in [9.17, 15) is 5.11 Å². The minimum Gasteiger partial charge on any atom is -0.497 e. The van der Waals surface area contributed by atoms with E-state index in [0.717, 1.165) is 24.2 Å². The molecule has 14 heavy (non-hydrogen) atoms. The SMILES string of the molecule is CCC(O)(CC)c1cccc(OC)c1. The van der Waals surface area contributed by atoms with Crippen molar-refractivity contribution in [2.45, 2.75) is 32.3 Å². The molecule has 0 unspecified atom stereocenters. The highest BCUT2D eigenvalue weighted by Gasteiger charge is 2.24. The Kier molecular flexibility index (Phi) is 3.53. The van der Waals surface area contributed by atoms with Gasteiger partial charge in [0.15, 0.2) is 0 Å². The van der Waals surface area contributed by atoms with Crippen molar-refractivity contribution >= 4 is 0 Å². The van der Waals surface area contributed by atoms with E-state index in [1.165, 1.54) is 0 Å². The fourth-order valence-corrected chi connectivity index (χ4v) is 1.57. The van der Waals surface area contributed by atoms with Gasteiger partial charge in [-0.05, 0) is 30.5 Å². The van der Waals surface area contributed by atoms with E-state index < -0.39 is 5.60 Å². The van der Waals surface area contributed by atoms with Crippen molar-refractivity contribution in [3.05, 3.63) is 29.8 Å². The molecule has 1 aromatic carbocycles. The fourth-order valence-electron chi connectivity index (χ4n) is 1.57. The summed E-state index contributed by atoms with van der Waals surface area (Å²) < 4.78 is 5.13. The predicted octanol–water partition coefficient (Wildman–Crippen LogP) is 2.70. The quantitative estimate of drug-likeness (QED) is 0.798. The minimum atomic E-state index is -0.714. The highest BCUT2D eigenvalue weighted by molar-refractivity contribution is 5.32. The number of hydrogen-bond donors (Lipinski definition) is 1. The van der Waals surface area contributed by atoms with E-state index in [4.69, 9.17) is 4.74 Å². The molecule has 0 aliphatic carbocycles. The average molecular weight is 194 g/mol. The fraction of sp³-hybridized carbons (Fsp3) is 0.500. The first-order valence-electron chi connectivity index (χ1n) is 5.03. The zero-order valence-corrected chi connectivity index (χ0v) is 9.08. The van der Waals surface area contributed by atoms with Gasteiger partial charge in [-0.25, -0.2) is 0 Å². The van der Waals surface area contributed by atoms with Crippen molar-refractivity contribution in [1.82, 2.24) is 0 Å². The summed E-state index contributed by atoms with van der Waals surface area (Å²) >= 11 is 0. The minimum absolute atomic E-state index is 0.714. The molecule has 1 aromatic rings. The van der Waals surface area contributed by atoms with Crippen molar-refractivity contribution in [3.63, 3.8) is 0 Å². The maximum atomic E-state index is 10.3. The van der Waals surface area contributed by atoms with Crippen LogP contribution in [0.4, 0.5) is 0 Å². The van der Waals surface area contributed by atoms with Crippen molar-refractivity contribution < 1.29 is 9.84 Å². The molecule has 1 rings (SSSR count). The van der Waals surface area contributed by atoms with Crippen LogP contribution in [0.3, 0.4) is 0 Å². The first kappa shape index (κ1) is 11.1. The Bertz CT molecular complexity index is 290. The average Bonchev–Trinajstić information content (AvgIpc) is 2.28. The van der Waals surface area contributed by atoms with Gasteiger partial charge in [0.2, 0.25) is 0 Å². The topological polar surface area (TPSA) is 29.5 Å². The van der Waals surface area contributed by atoms with Gasteiger partial charge in [0.05, 0.1) is 12.7 Å². The van der Waals surface area contributed by atoms with E-state index in [-0.39, 0.29) is 0 Å². The second-order valence-corrected chi connectivity index (χ2v) is 3.47. The van der Waals surface area contributed by atoms with Crippen LogP contribution >= 0.6 is 0 Å². The number of benzene rings is 1. The number of methoxy groups -OCH3 is 1. The van der Waals surface area contributed by atoms with E-state index in [1.54, 1.807) is 7.11 Å². The second-order valence-electron chi connectivity index (χ2n) is 3.47. The summed E-state index contributed by atoms with van der Waals surface area (Å²) in [6, 6.07) is 7.63. The molecule has 0 amide bonds. The summed E-state index contributed by atoms with van der Waals surface area (Å²) in [5.41, 5.74) is 0.219. The predicted molar refractivity (Wildman–Crippen MR) is 57.5 cm³/mol. The maximum absolute atomic E-state index is 10.3. The van der Waals surface area contributed by atoms with Crippen molar-refractivity contribution in [2.75, 3.05) is 7.11 Å². The van der Waals surface area contributed by atoms with E-state index in [1.807, 2.05) is 38.1 Å². The van der Waals surface area contributed by atoms with Gasteiger partial charge in [-0.15, -0.1) is 0 Å². The highest BCUT2D eigenvalue weighted by Crippen LogP contribution is 2.30. The van der Waals surface area contributed by atoms with Crippen LogP contribution in [0.15, 0.2) is 24.3 Å². The molecule has 0 aromatic heterocycles. The molecular formula is C12H18O2. The van der Waals surface area contributed by atoms with Crippen LogP contribution in [0.2, 0.25) is 0 Å². The molecule has 0 heterocycles. The molecule has 1 N–H and O–H groups in total. The van der Waals surface area contributed by atoms with Gasteiger partial charge < -0.3 is 9.84 Å². The Morgan fingerprint density at radius 2 is 1.93 bits per heavy atom. The molecule has 2 heteroatoms. The van der Waals surface area contributed by atoms with Gasteiger partial charge >= 0.3 is 0 Å². The molecule has 0 atom stereocenters. The third-order valence-corrected chi connectivity index (χ3v) is 2.78. The molecule has 0 aliphatic rings. The second kappa shape index (κ2) is 4.47. The summed E-state index contributed by atoms with van der Waals surface area (Å²) in [6.07, 6.45) is 1.44. The van der Waals surface area contributed by atoms with Crippen molar-refractivity contribution in [2.24, 2.45) is 0 Å². The molecular weight excluding hydrogens is 176 g/mol. The van der Waals surface area contributed by atoms with Gasteiger partial charge in [-0.2, -0.15) is 0 Å². The molecule has 0 bridgehead atoms. The van der Waals surface area contributed by atoms with Crippen LogP contribution in [-0.4, -0.2) is 12.2 Å².